The number of hydrogen-bond donors (Lipinski definition) is 1. The van der Waals surface area contributed by atoms with Crippen LogP contribution in [0, 0.1) is 6.92 Å². The zero-order valence-corrected chi connectivity index (χ0v) is 13.3. The average molecular weight is 301 g/mol. The van der Waals surface area contributed by atoms with Crippen LogP contribution in [0.5, 0.6) is 0 Å². The zero-order valence-electron chi connectivity index (χ0n) is 13.3. The number of aryl methyl sites for hydroxylation is 1. The van der Waals surface area contributed by atoms with Gasteiger partial charge in [0.05, 0.1) is 18.2 Å². The van der Waals surface area contributed by atoms with Gasteiger partial charge < -0.3 is 5.32 Å². The number of anilines is 1. The normalized spacial score (nSPS) is 23.9. The van der Waals surface area contributed by atoms with E-state index in [9.17, 15) is 9.59 Å². The van der Waals surface area contributed by atoms with Crippen LogP contribution in [0.2, 0.25) is 0 Å². The SMILES string of the molecule is Cc1ccc(N2C(=O)C[C@@H]([NH2+]C3CCCCCC3)C2=O)cc1. The lowest BCUT2D eigenvalue weighted by molar-refractivity contribution is -0.708. The topological polar surface area (TPSA) is 54.0 Å². The van der Waals surface area contributed by atoms with E-state index >= 15 is 0 Å². The molecule has 2 N–H and O–H groups in total. The summed E-state index contributed by atoms with van der Waals surface area (Å²) in [6.07, 6.45) is 7.78. The second kappa shape index (κ2) is 6.61. The molecule has 1 heterocycles. The number of quaternary nitrogens is 1. The van der Waals surface area contributed by atoms with Gasteiger partial charge in [-0.15, -0.1) is 0 Å². The minimum atomic E-state index is -0.225. The predicted molar refractivity (Wildman–Crippen MR) is 85.5 cm³/mol. The minimum Gasteiger partial charge on any atom is -0.333 e. The van der Waals surface area contributed by atoms with Gasteiger partial charge in [-0.1, -0.05) is 30.5 Å². The Labute approximate surface area is 131 Å². The van der Waals surface area contributed by atoms with Crippen molar-refractivity contribution in [1.82, 2.24) is 0 Å². The average Bonchev–Trinajstić information content (AvgIpc) is 2.70. The molecule has 2 fully saturated rings. The number of nitrogens with two attached hydrogens (primary N) is 1. The highest BCUT2D eigenvalue weighted by atomic mass is 16.2. The Bertz CT molecular complexity index is 545. The fourth-order valence-electron chi connectivity index (χ4n) is 3.60. The van der Waals surface area contributed by atoms with Gasteiger partial charge in [-0.3, -0.25) is 9.59 Å². The number of hydrogen-bond acceptors (Lipinski definition) is 2. The van der Waals surface area contributed by atoms with Gasteiger partial charge >= 0.3 is 0 Å². The van der Waals surface area contributed by atoms with Crippen LogP contribution >= 0.6 is 0 Å². The maximum absolute atomic E-state index is 12.6. The van der Waals surface area contributed by atoms with E-state index in [2.05, 4.69) is 5.32 Å². The molecule has 2 aliphatic rings. The van der Waals surface area contributed by atoms with Crippen molar-refractivity contribution >= 4 is 17.5 Å². The molecular weight excluding hydrogens is 276 g/mol. The number of amides is 2. The molecule has 0 aromatic heterocycles. The van der Waals surface area contributed by atoms with Gasteiger partial charge in [0.15, 0.2) is 6.04 Å². The van der Waals surface area contributed by atoms with Gasteiger partial charge in [0.25, 0.3) is 5.91 Å². The van der Waals surface area contributed by atoms with Crippen LogP contribution in [0.4, 0.5) is 5.69 Å². The van der Waals surface area contributed by atoms with Crippen LogP contribution < -0.4 is 10.2 Å². The molecule has 2 amide bonds. The summed E-state index contributed by atoms with van der Waals surface area (Å²) in [5.41, 5.74) is 1.83. The second-order valence-corrected chi connectivity index (χ2v) is 6.66. The minimum absolute atomic E-state index is 0.0434. The molecule has 0 unspecified atom stereocenters. The fourth-order valence-corrected chi connectivity index (χ4v) is 3.60. The van der Waals surface area contributed by atoms with E-state index in [4.69, 9.17) is 0 Å². The molecule has 1 atom stereocenters. The lowest BCUT2D eigenvalue weighted by Gasteiger charge is -2.18. The van der Waals surface area contributed by atoms with Crippen LogP contribution in [0.3, 0.4) is 0 Å². The third kappa shape index (κ3) is 3.22. The first kappa shape index (κ1) is 15.2. The molecule has 1 saturated carbocycles. The van der Waals surface area contributed by atoms with Crippen molar-refractivity contribution in [2.45, 2.75) is 64.0 Å². The molecule has 118 valence electrons. The van der Waals surface area contributed by atoms with Crippen LogP contribution in [0.1, 0.15) is 50.5 Å². The van der Waals surface area contributed by atoms with Gasteiger partial charge in [0.2, 0.25) is 5.91 Å². The summed E-state index contributed by atoms with van der Waals surface area (Å²) in [4.78, 5) is 26.3. The molecule has 1 aliphatic carbocycles. The fraction of sp³-hybridized carbons (Fsp3) is 0.556. The highest BCUT2D eigenvalue weighted by molar-refractivity contribution is 6.21. The predicted octanol–water partition coefficient (Wildman–Crippen LogP) is 1.91. The van der Waals surface area contributed by atoms with Crippen molar-refractivity contribution in [2.24, 2.45) is 0 Å². The second-order valence-electron chi connectivity index (χ2n) is 6.66. The number of carbonyl (C=O) groups excluding carboxylic acids is 2. The van der Waals surface area contributed by atoms with Crippen LogP contribution in [0.25, 0.3) is 0 Å². The Hall–Kier alpha value is -1.68. The number of nitrogens with zero attached hydrogens (tertiary/aromatic N) is 1. The molecule has 0 bridgehead atoms. The molecule has 0 radical (unpaired) electrons. The Morgan fingerprint density at radius 2 is 1.64 bits per heavy atom. The molecule has 1 aromatic rings. The summed E-state index contributed by atoms with van der Waals surface area (Å²) >= 11 is 0. The largest absolute Gasteiger partial charge is 0.333 e. The number of imide groups is 1. The summed E-state index contributed by atoms with van der Waals surface area (Å²) in [5, 5.41) is 2.17. The van der Waals surface area contributed by atoms with E-state index < -0.39 is 0 Å². The van der Waals surface area contributed by atoms with Crippen LogP contribution in [-0.2, 0) is 9.59 Å². The standard InChI is InChI=1S/C18H24N2O2/c1-13-8-10-15(11-9-13)20-17(21)12-16(18(20)22)19-14-6-4-2-3-5-7-14/h8-11,14,16,19H,2-7,12H2,1H3/p+1/t16-/m1/s1. The van der Waals surface area contributed by atoms with E-state index in [-0.39, 0.29) is 17.9 Å². The van der Waals surface area contributed by atoms with E-state index in [1.807, 2.05) is 31.2 Å². The number of rotatable bonds is 3. The summed E-state index contributed by atoms with van der Waals surface area (Å²) in [6.45, 7) is 2.00. The van der Waals surface area contributed by atoms with E-state index in [1.54, 1.807) is 0 Å². The Kier molecular flexibility index (Phi) is 4.57. The molecular formula is C18H25N2O2+. The quantitative estimate of drug-likeness (QED) is 0.685. The van der Waals surface area contributed by atoms with E-state index in [1.165, 1.54) is 43.4 Å². The smallest absolute Gasteiger partial charge is 0.292 e. The Morgan fingerprint density at radius 3 is 2.27 bits per heavy atom. The van der Waals surface area contributed by atoms with Crippen molar-refractivity contribution in [3.8, 4) is 0 Å². The van der Waals surface area contributed by atoms with Crippen molar-refractivity contribution in [1.29, 1.82) is 0 Å². The summed E-state index contributed by atoms with van der Waals surface area (Å²) in [6, 6.07) is 7.88. The summed E-state index contributed by atoms with van der Waals surface area (Å²) in [5.74, 6) is -0.109. The maximum Gasteiger partial charge on any atom is 0.292 e. The van der Waals surface area contributed by atoms with Crippen molar-refractivity contribution in [3.05, 3.63) is 29.8 Å². The van der Waals surface area contributed by atoms with Gasteiger partial charge in [0.1, 0.15) is 0 Å². The van der Waals surface area contributed by atoms with E-state index in [0.29, 0.717) is 18.2 Å². The first-order chi connectivity index (χ1) is 10.6. The highest BCUT2D eigenvalue weighted by Crippen LogP contribution is 2.22. The van der Waals surface area contributed by atoms with Crippen LogP contribution in [0.15, 0.2) is 24.3 Å². The van der Waals surface area contributed by atoms with Crippen molar-refractivity contribution < 1.29 is 14.9 Å². The molecule has 4 heteroatoms. The molecule has 22 heavy (non-hydrogen) atoms. The van der Waals surface area contributed by atoms with Crippen molar-refractivity contribution in [3.63, 3.8) is 0 Å². The Balaban J connectivity index is 1.69. The molecule has 1 saturated heterocycles. The summed E-state index contributed by atoms with van der Waals surface area (Å²) in [7, 11) is 0. The molecule has 1 aliphatic heterocycles. The number of benzene rings is 1. The zero-order chi connectivity index (χ0) is 15.5. The molecule has 4 nitrogen and oxygen atoms in total. The lowest BCUT2D eigenvalue weighted by Crippen LogP contribution is -2.96. The van der Waals surface area contributed by atoms with Gasteiger partial charge in [-0.25, -0.2) is 4.90 Å². The Morgan fingerprint density at radius 1 is 1.00 bits per heavy atom. The lowest BCUT2D eigenvalue weighted by atomic mass is 10.1. The van der Waals surface area contributed by atoms with Crippen molar-refractivity contribution in [2.75, 3.05) is 4.90 Å². The third-order valence-corrected chi connectivity index (χ3v) is 4.88. The molecule has 1 aromatic carbocycles. The van der Waals surface area contributed by atoms with Gasteiger partial charge in [0, 0.05) is 0 Å². The maximum atomic E-state index is 12.6. The van der Waals surface area contributed by atoms with E-state index in [0.717, 1.165) is 5.56 Å². The molecule has 0 spiro atoms. The van der Waals surface area contributed by atoms with Gasteiger partial charge in [-0.2, -0.15) is 0 Å². The number of carbonyl (C=O) groups is 2. The third-order valence-electron chi connectivity index (χ3n) is 4.88. The monoisotopic (exact) mass is 301 g/mol. The first-order valence-electron chi connectivity index (χ1n) is 8.43. The first-order valence-corrected chi connectivity index (χ1v) is 8.43. The van der Waals surface area contributed by atoms with Gasteiger partial charge in [-0.05, 0) is 44.7 Å². The highest BCUT2D eigenvalue weighted by Gasteiger charge is 2.43. The molecule has 3 rings (SSSR count). The summed E-state index contributed by atoms with van der Waals surface area (Å²) < 4.78 is 0. The van der Waals surface area contributed by atoms with Crippen LogP contribution in [-0.4, -0.2) is 23.9 Å².